The normalized spacial score (nSPS) is 16.5. The molecule has 2 aromatic carbocycles. The monoisotopic (exact) mass is 455 g/mol. The maximum atomic E-state index is 12.6. The molecule has 2 amide bonds. The predicted molar refractivity (Wildman–Crippen MR) is 122 cm³/mol. The number of carbonyl (C=O) groups is 3. The summed E-state index contributed by atoms with van der Waals surface area (Å²) in [4.78, 5) is 35.7. The van der Waals surface area contributed by atoms with E-state index in [0.29, 0.717) is 41.6 Å². The quantitative estimate of drug-likeness (QED) is 0.573. The summed E-state index contributed by atoms with van der Waals surface area (Å²) in [7, 11) is 2.08. The van der Waals surface area contributed by atoms with E-state index in [2.05, 4.69) is 22.6 Å². The van der Waals surface area contributed by atoms with Crippen LogP contribution in [0.1, 0.15) is 34.3 Å². The fourth-order valence-corrected chi connectivity index (χ4v) is 3.89. The Morgan fingerprint density at radius 1 is 1.18 bits per heavy atom. The summed E-state index contributed by atoms with van der Waals surface area (Å²) in [6.45, 7) is 4.26. The largest absolute Gasteiger partial charge is 0.483 e. The highest BCUT2D eigenvalue weighted by molar-refractivity contribution is 5.97. The van der Waals surface area contributed by atoms with Gasteiger partial charge in [0.05, 0.1) is 0 Å². The smallest absolute Gasteiger partial charge is 0.290 e. The molecule has 1 fully saturated rings. The lowest BCUT2D eigenvalue weighted by Crippen LogP contribution is -2.23. The zero-order valence-corrected chi connectivity index (χ0v) is 18.8. The molecular formula is C24H29N3O6. The number of likely N-dealkylation sites (tertiary alicyclic amines) is 1. The minimum absolute atomic E-state index is 0.00341. The number of fused-ring (bicyclic) bond motifs is 1. The van der Waals surface area contributed by atoms with Crippen LogP contribution in [-0.2, 0) is 16.1 Å². The van der Waals surface area contributed by atoms with Crippen molar-refractivity contribution in [1.82, 2.24) is 10.2 Å². The van der Waals surface area contributed by atoms with Crippen molar-refractivity contribution in [3.8, 4) is 11.5 Å². The third kappa shape index (κ3) is 6.69. The van der Waals surface area contributed by atoms with E-state index in [1.54, 1.807) is 12.1 Å². The number of nitrogens with one attached hydrogen (secondary N) is 2. The molecule has 0 spiro atoms. The number of amides is 2. The van der Waals surface area contributed by atoms with Crippen molar-refractivity contribution in [2.24, 2.45) is 5.92 Å². The number of carbonyl (C=O) groups excluding carboxylic acids is 2. The second-order valence-electron chi connectivity index (χ2n) is 8.17. The molecule has 2 aromatic rings. The number of rotatable bonds is 6. The lowest BCUT2D eigenvalue weighted by Gasteiger charge is -2.13. The minimum Gasteiger partial charge on any atom is -0.483 e. The summed E-state index contributed by atoms with van der Waals surface area (Å²) in [6.07, 6.45) is 1.55. The Balaban J connectivity index is 0.000000968. The first kappa shape index (κ1) is 24.1. The van der Waals surface area contributed by atoms with Crippen LogP contribution in [0.3, 0.4) is 0 Å². The molecule has 0 radical (unpaired) electrons. The van der Waals surface area contributed by atoms with Crippen molar-refractivity contribution in [2.75, 3.05) is 32.2 Å². The molecule has 4 rings (SSSR count). The van der Waals surface area contributed by atoms with E-state index >= 15 is 0 Å². The van der Waals surface area contributed by atoms with Crippen LogP contribution in [0.25, 0.3) is 0 Å². The number of carboxylic acid groups (broad SMARTS) is 1. The van der Waals surface area contributed by atoms with Crippen LogP contribution >= 0.6 is 0 Å². The number of benzene rings is 2. The maximum Gasteiger partial charge on any atom is 0.290 e. The number of hydrogen-bond acceptors (Lipinski definition) is 6. The van der Waals surface area contributed by atoms with E-state index in [1.807, 2.05) is 31.2 Å². The zero-order chi connectivity index (χ0) is 23.8. The highest BCUT2D eigenvalue weighted by Gasteiger charge is 2.22. The first-order valence-electron chi connectivity index (χ1n) is 10.7. The number of hydrogen-bond donors (Lipinski definition) is 3. The Morgan fingerprint density at radius 3 is 2.67 bits per heavy atom. The highest BCUT2D eigenvalue weighted by Crippen LogP contribution is 2.32. The Hall–Kier alpha value is -3.59. The topological polar surface area (TPSA) is 117 Å². The minimum atomic E-state index is -0.250. The van der Waals surface area contributed by atoms with E-state index in [1.165, 1.54) is 0 Å². The fraction of sp³-hybridized carbons (Fsp3) is 0.375. The summed E-state index contributed by atoms with van der Waals surface area (Å²) >= 11 is 0. The lowest BCUT2D eigenvalue weighted by molar-refractivity contribution is -0.123. The molecule has 1 saturated heterocycles. The van der Waals surface area contributed by atoms with Gasteiger partial charge in [-0.05, 0) is 68.2 Å². The van der Waals surface area contributed by atoms with Gasteiger partial charge in [0.15, 0.2) is 11.5 Å². The lowest BCUT2D eigenvalue weighted by atomic mass is 10.0. The summed E-state index contributed by atoms with van der Waals surface area (Å²) in [6, 6.07) is 11.0. The number of aryl methyl sites for hydroxylation is 1. The van der Waals surface area contributed by atoms with Crippen LogP contribution in [0, 0.1) is 12.8 Å². The molecule has 9 nitrogen and oxygen atoms in total. The molecule has 2 aliphatic heterocycles. The molecule has 0 saturated carbocycles. The summed E-state index contributed by atoms with van der Waals surface area (Å²) < 4.78 is 10.7. The average Bonchev–Trinajstić information content (AvgIpc) is 3.42. The number of anilines is 1. The van der Waals surface area contributed by atoms with E-state index in [0.717, 1.165) is 30.6 Å². The fourth-order valence-electron chi connectivity index (χ4n) is 3.89. The van der Waals surface area contributed by atoms with Crippen LogP contribution in [0.2, 0.25) is 0 Å². The van der Waals surface area contributed by atoms with Gasteiger partial charge >= 0.3 is 0 Å². The molecule has 3 N–H and O–H groups in total. The van der Waals surface area contributed by atoms with Crippen LogP contribution in [0.15, 0.2) is 36.4 Å². The van der Waals surface area contributed by atoms with Gasteiger partial charge in [-0.3, -0.25) is 14.4 Å². The molecule has 2 heterocycles. The van der Waals surface area contributed by atoms with Gasteiger partial charge in [0.25, 0.3) is 12.4 Å². The molecular weight excluding hydrogens is 426 g/mol. The second-order valence-corrected chi connectivity index (χ2v) is 8.17. The van der Waals surface area contributed by atoms with Gasteiger partial charge in [-0.25, -0.2) is 0 Å². The van der Waals surface area contributed by atoms with Crippen molar-refractivity contribution in [3.05, 3.63) is 53.1 Å². The maximum absolute atomic E-state index is 12.6. The molecule has 176 valence electrons. The number of nitrogens with zero attached hydrogens (tertiary/aromatic N) is 1. The predicted octanol–water partition coefficient (Wildman–Crippen LogP) is 2.63. The Bertz CT molecular complexity index is 1010. The van der Waals surface area contributed by atoms with Crippen molar-refractivity contribution < 1.29 is 29.0 Å². The summed E-state index contributed by atoms with van der Waals surface area (Å²) in [5.41, 5.74) is 3.05. The summed E-state index contributed by atoms with van der Waals surface area (Å²) in [5.74, 6) is 1.60. The van der Waals surface area contributed by atoms with E-state index < -0.39 is 0 Å². The number of ether oxygens (including phenoxy) is 2. The SMILES string of the molecule is Cc1ccc(C(=O)NCc2ccc3c(c2)OCO3)cc1NC(=O)CC1CCN(C)C1.O=CO. The first-order chi connectivity index (χ1) is 15.9. The van der Waals surface area contributed by atoms with Gasteiger partial charge in [-0.1, -0.05) is 12.1 Å². The van der Waals surface area contributed by atoms with Crippen LogP contribution in [0.5, 0.6) is 11.5 Å². The second kappa shape index (κ2) is 11.3. The van der Waals surface area contributed by atoms with Gasteiger partial charge in [-0.15, -0.1) is 0 Å². The third-order valence-electron chi connectivity index (χ3n) is 5.63. The van der Waals surface area contributed by atoms with Crippen LogP contribution in [-0.4, -0.2) is 55.2 Å². The Morgan fingerprint density at radius 2 is 1.94 bits per heavy atom. The van der Waals surface area contributed by atoms with Crippen molar-refractivity contribution in [3.63, 3.8) is 0 Å². The standard InChI is InChI=1S/C23H27N3O4.CH2O2/c1-15-3-5-18(11-19(15)25-22(27)10-17-7-8-26(2)13-17)23(28)24-12-16-4-6-20-21(9-16)30-14-29-20;2-1-3/h3-6,9,11,17H,7-8,10,12-14H2,1-2H3,(H,24,28)(H,25,27);1H,(H,2,3). The third-order valence-corrected chi connectivity index (χ3v) is 5.63. The Kier molecular flexibility index (Phi) is 8.26. The highest BCUT2D eigenvalue weighted by atomic mass is 16.7. The molecule has 1 atom stereocenters. The molecule has 0 bridgehead atoms. The van der Waals surface area contributed by atoms with Crippen molar-refractivity contribution in [1.29, 1.82) is 0 Å². The van der Waals surface area contributed by atoms with E-state index in [-0.39, 0.29) is 25.1 Å². The summed E-state index contributed by atoms with van der Waals surface area (Å²) in [5, 5.41) is 12.8. The van der Waals surface area contributed by atoms with Gasteiger partial charge < -0.3 is 30.1 Å². The molecule has 0 aromatic heterocycles. The van der Waals surface area contributed by atoms with Crippen LogP contribution in [0.4, 0.5) is 5.69 Å². The molecule has 33 heavy (non-hydrogen) atoms. The van der Waals surface area contributed by atoms with Crippen molar-refractivity contribution >= 4 is 24.0 Å². The zero-order valence-electron chi connectivity index (χ0n) is 18.8. The molecule has 9 heteroatoms. The van der Waals surface area contributed by atoms with Gasteiger partial charge in [0.2, 0.25) is 12.7 Å². The molecule has 0 aliphatic carbocycles. The van der Waals surface area contributed by atoms with Crippen LogP contribution < -0.4 is 20.1 Å². The van der Waals surface area contributed by atoms with Gasteiger partial charge in [0, 0.05) is 30.8 Å². The molecule has 1 unspecified atom stereocenters. The van der Waals surface area contributed by atoms with E-state index in [9.17, 15) is 9.59 Å². The van der Waals surface area contributed by atoms with Gasteiger partial charge in [-0.2, -0.15) is 0 Å². The van der Waals surface area contributed by atoms with Gasteiger partial charge in [0.1, 0.15) is 0 Å². The molecule has 2 aliphatic rings. The van der Waals surface area contributed by atoms with E-state index in [4.69, 9.17) is 19.4 Å². The van der Waals surface area contributed by atoms with Crippen molar-refractivity contribution in [2.45, 2.75) is 26.3 Å². The first-order valence-corrected chi connectivity index (χ1v) is 10.7. The Labute approximate surface area is 192 Å². The average molecular weight is 456 g/mol.